The molecule has 1 N–H and O–H groups in total. The molecule has 1 unspecified atom stereocenters. The normalized spacial score (nSPS) is 31.5. The molecule has 0 aromatic heterocycles. The van der Waals surface area contributed by atoms with Crippen molar-refractivity contribution >= 4 is 24.2 Å². The van der Waals surface area contributed by atoms with Crippen molar-refractivity contribution in [3.63, 3.8) is 0 Å². The fraction of sp³-hybridized carbons (Fsp3) is 0.846. The summed E-state index contributed by atoms with van der Waals surface area (Å²) in [5.41, 5.74) is 0.471. The summed E-state index contributed by atoms with van der Waals surface area (Å²) in [6.45, 7) is 5.93. The van der Waals surface area contributed by atoms with Gasteiger partial charge in [-0.1, -0.05) is 0 Å². The van der Waals surface area contributed by atoms with E-state index in [9.17, 15) is 9.59 Å². The van der Waals surface area contributed by atoms with Crippen molar-refractivity contribution in [2.75, 3.05) is 39.3 Å². The summed E-state index contributed by atoms with van der Waals surface area (Å²) in [5, 5.41) is 3.44. The zero-order chi connectivity index (χ0) is 12.6. The lowest BCUT2D eigenvalue weighted by Gasteiger charge is -2.24. The molecule has 0 aliphatic carbocycles. The van der Waals surface area contributed by atoms with E-state index in [1.165, 1.54) is 17.7 Å². The van der Waals surface area contributed by atoms with Gasteiger partial charge in [0.15, 0.2) is 0 Å². The first-order chi connectivity index (χ1) is 8.69. The Morgan fingerprint density at radius 3 is 2.47 bits per heavy atom. The van der Waals surface area contributed by atoms with Gasteiger partial charge in [-0.15, -0.1) is 12.4 Å². The van der Waals surface area contributed by atoms with Crippen molar-refractivity contribution in [3.05, 3.63) is 0 Å². The zero-order valence-electron chi connectivity index (χ0n) is 11.2. The zero-order valence-corrected chi connectivity index (χ0v) is 12.0. The topological polar surface area (TPSA) is 52.7 Å². The number of carbonyl (C=O) groups is 2. The molecule has 2 amide bonds. The number of carbonyl (C=O) groups excluding carboxylic acids is 2. The third-order valence-electron chi connectivity index (χ3n) is 4.64. The van der Waals surface area contributed by atoms with Crippen LogP contribution in [0.25, 0.3) is 0 Å². The van der Waals surface area contributed by atoms with Crippen LogP contribution in [0.2, 0.25) is 0 Å². The standard InChI is InChI=1S/C13H21N3O2.ClH/c17-11-1-2-12(18)16(11)8-7-15-6-4-13(10-15)3-5-14-9-13;/h14H,1-10H2;1H. The highest BCUT2D eigenvalue weighted by atomic mass is 35.5. The lowest BCUT2D eigenvalue weighted by Crippen LogP contribution is -2.38. The summed E-state index contributed by atoms with van der Waals surface area (Å²) in [6, 6.07) is 0. The van der Waals surface area contributed by atoms with Gasteiger partial charge < -0.3 is 10.2 Å². The maximum atomic E-state index is 11.5. The van der Waals surface area contributed by atoms with Gasteiger partial charge in [-0.3, -0.25) is 14.5 Å². The van der Waals surface area contributed by atoms with E-state index in [1.807, 2.05) is 0 Å². The molecule has 5 nitrogen and oxygen atoms in total. The number of hydrogen-bond acceptors (Lipinski definition) is 4. The minimum absolute atomic E-state index is 0. The Hall–Kier alpha value is -0.650. The fourth-order valence-corrected chi connectivity index (χ4v) is 3.48. The average Bonchev–Trinajstić information content (AvgIpc) is 3.04. The molecule has 3 saturated heterocycles. The molecule has 0 aromatic carbocycles. The lowest BCUT2D eigenvalue weighted by atomic mass is 9.87. The second-order valence-electron chi connectivity index (χ2n) is 5.89. The number of nitrogens with one attached hydrogen (secondary N) is 1. The Balaban J connectivity index is 0.00000133. The maximum Gasteiger partial charge on any atom is 0.229 e. The van der Waals surface area contributed by atoms with Crippen LogP contribution in [0.5, 0.6) is 0 Å². The number of rotatable bonds is 3. The van der Waals surface area contributed by atoms with Crippen molar-refractivity contribution in [1.29, 1.82) is 0 Å². The summed E-state index contributed by atoms with van der Waals surface area (Å²) in [7, 11) is 0. The highest BCUT2D eigenvalue weighted by Gasteiger charge is 2.40. The highest BCUT2D eigenvalue weighted by molar-refractivity contribution is 6.01. The quantitative estimate of drug-likeness (QED) is 0.756. The summed E-state index contributed by atoms with van der Waals surface area (Å²) in [4.78, 5) is 26.9. The van der Waals surface area contributed by atoms with Crippen LogP contribution in [-0.4, -0.2) is 60.9 Å². The number of hydrogen-bond donors (Lipinski definition) is 1. The number of likely N-dealkylation sites (tertiary alicyclic amines) is 2. The Bertz CT molecular complexity index is 353. The summed E-state index contributed by atoms with van der Waals surface area (Å²) in [6.07, 6.45) is 3.34. The SMILES string of the molecule is Cl.O=C1CCC(=O)N1CCN1CCC2(CCNC2)C1. The number of nitrogens with zero attached hydrogens (tertiary/aromatic N) is 2. The first-order valence-electron chi connectivity index (χ1n) is 6.95. The van der Waals surface area contributed by atoms with Gasteiger partial charge in [0.1, 0.15) is 0 Å². The second kappa shape index (κ2) is 5.77. The van der Waals surface area contributed by atoms with Crippen molar-refractivity contribution < 1.29 is 9.59 Å². The second-order valence-corrected chi connectivity index (χ2v) is 5.89. The third-order valence-corrected chi connectivity index (χ3v) is 4.64. The van der Waals surface area contributed by atoms with Crippen LogP contribution in [0, 0.1) is 5.41 Å². The maximum absolute atomic E-state index is 11.5. The first-order valence-corrected chi connectivity index (χ1v) is 6.95. The van der Waals surface area contributed by atoms with Crippen molar-refractivity contribution in [1.82, 2.24) is 15.1 Å². The number of imide groups is 1. The van der Waals surface area contributed by atoms with Gasteiger partial charge in [0, 0.05) is 39.0 Å². The third kappa shape index (κ3) is 2.93. The number of halogens is 1. The van der Waals surface area contributed by atoms with Crippen LogP contribution in [0.1, 0.15) is 25.7 Å². The van der Waals surface area contributed by atoms with Crippen LogP contribution in [-0.2, 0) is 9.59 Å². The highest BCUT2D eigenvalue weighted by Crippen LogP contribution is 2.35. The van der Waals surface area contributed by atoms with E-state index < -0.39 is 0 Å². The van der Waals surface area contributed by atoms with Crippen molar-refractivity contribution in [2.45, 2.75) is 25.7 Å². The minimum atomic E-state index is 0. The van der Waals surface area contributed by atoms with Gasteiger partial charge in [0.25, 0.3) is 0 Å². The van der Waals surface area contributed by atoms with Gasteiger partial charge in [-0.25, -0.2) is 0 Å². The molecule has 0 aromatic rings. The Kier molecular flexibility index (Phi) is 4.48. The van der Waals surface area contributed by atoms with E-state index in [1.54, 1.807) is 0 Å². The molecule has 1 atom stereocenters. The van der Waals surface area contributed by atoms with Crippen LogP contribution in [0.3, 0.4) is 0 Å². The largest absolute Gasteiger partial charge is 0.316 e. The first kappa shape index (κ1) is 14.8. The molecular weight excluding hydrogens is 266 g/mol. The molecule has 3 rings (SSSR count). The fourth-order valence-electron chi connectivity index (χ4n) is 3.48. The van der Waals surface area contributed by atoms with Crippen molar-refractivity contribution in [2.24, 2.45) is 5.41 Å². The molecule has 3 aliphatic rings. The van der Waals surface area contributed by atoms with Crippen LogP contribution < -0.4 is 5.32 Å². The monoisotopic (exact) mass is 287 g/mol. The average molecular weight is 288 g/mol. The molecule has 3 heterocycles. The molecule has 0 saturated carbocycles. The lowest BCUT2D eigenvalue weighted by molar-refractivity contribution is -0.138. The molecule has 6 heteroatoms. The molecule has 3 fully saturated rings. The smallest absolute Gasteiger partial charge is 0.229 e. The molecule has 1 spiro atoms. The minimum Gasteiger partial charge on any atom is -0.316 e. The number of amides is 2. The Morgan fingerprint density at radius 1 is 1.11 bits per heavy atom. The molecule has 108 valence electrons. The summed E-state index contributed by atoms with van der Waals surface area (Å²) >= 11 is 0. The summed E-state index contributed by atoms with van der Waals surface area (Å²) < 4.78 is 0. The van der Waals surface area contributed by atoms with Gasteiger partial charge in [-0.2, -0.15) is 0 Å². The predicted octanol–water partition coefficient (Wildman–Crippen LogP) is 0.243. The molecule has 19 heavy (non-hydrogen) atoms. The van der Waals surface area contributed by atoms with Gasteiger partial charge in [-0.05, 0) is 31.3 Å². The molecular formula is C13H22ClN3O2. The predicted molar refractivity (Wildman–Crippen MR) is 74.2 cm³/mol. The van der Waals surface area contributed by atoms with E-state index in [4.69, 9.17) is 0 Å². The molecule has 0 bridgehead atoms. The van der Waals surface area contributed by atoms with E-state index in [0.717, 1.165) is 32.7 Å². The van der Waals surface area contributed by atoms with Crippen molar-refractivity contribution in [3.8, 4) is 0 Å². The van der Waals surface area contributed by atoms with Crippen LogP contribution >= 0.6 is 12.4 Å². The van der Waals surface area contributed by atoms with Crippen LogP contribution in [0.4, 0.5) is 0 Å². The van der Waals surface area contributed by atoms with E-state index in [0.29, 0.717) is 24.8 Å². The van der Waals surface area contributed by atoms with E-state index >= 15 is 0 Å². The Labute approximate surface area is 120 Å². The van der Waals surface area contributed by atoms with Gasteiger partial charge in [0.05, 0.1) is 0 Å². The van der Waals surface area contributed by atoms with E-state index in [-0.39, 0.29) is 24.2 Å². The molecule has 3 aliphatic heterocycles. The summed E-state index contributed by atoms with van der Waals surface area (Å²) in [5.74, 6) is 0.0212. The van der Waals surface area contributed by atoms with Gasteiger partial charge >= 0.3 is 0 Å². The van der Waals surface area contributed by atoms with Gasteiger partial charge in [0.2, 0.25) is 11.8 Å². The Morgan fingerprint density at radius 2 is 1.84 bits per heavy atom. The van der Waals surface area contributed by atoms with Crippen LogP contribution in [0.15, 0.2) is 0 Å². The van der Waals surface area contributed by atoms with E-state index in [2.05, 4.69) is 10.2 Å². The molecule has 0 radical (unpaired) electrons.